The van der Waals surface area contributed by atoms with Gasteiger partial charge in [-0.05, 0) is 62.5 Å². The Morgan fingerprint density at radius 1 is 1.32 bits per heavy atom. The highest BCUT2D eigenvalue weighted by atomic mass is 16.5. The lowest BCUT2D eigenvalue weighted by molar-refractivity contribution is 0.0914. The lowest BCUT2D eigenvalue weighted by Gasteiger charge is -2.28. The van der Waals surface area contributed by atoms with Crippen molar-refractivity contribution in [1.29, 1.82) is 0 Å². The van der Waals surface area contributed by atoms with Gasteiger partial charge in [-0.25, -0.2) is 0 Å². The molecule has 0 saturated heterocycles. The molecule has 4 nitrogen and oxygen atoms in total. The molecular formula is C21H29NO3. The molecule has 25 heavy (non-hydrogen) atoms. The van der Waals surface area contributed by atoms with E-state index >= 15 is 0 Å². The number of hydrogen-bond donors (Lipinski definition) is 1. The number of nitrogens with one attached hydrogen (secondary N) is 1. The van der Waals surface area contributed by atoms with Crippen LogP contribution in [-0.4, -0.2) is 26.2 Å². The Hall–Kier alpha value is -1.97. The SMILES string of the molecule is C=CCc1cc(C(=O)NC(C)C2CC3CCC2C3)cc(OC)c1OC. The number of carbonyl (C=O) groups is 1. The first-order valence-corrected chi connectivity index (χ1v) is 9.24. The van der Waals surface area contributed by atoms with Crippen molar-refractivity contribution in [3.05, 3.63) is 35.9 Å². The largest absolute Gasteiger partial charge is 0.493 e. The van der Waals surface area contributed by atoms with Crippen LogP contribution in [0.2, 0.25) is 0 Å². The van der Waals surface area contributed by atoms with E-state index in [4.69, 9.17) is 9.47 Å². The molecule has 1 amide bonds. The number of hydrogen-bond acceptors (Lipinski definition) is 3. The Morgan fingerprint density at radius 3 is 2.68 bits per heavy atom. The highest BCUT2D eigenvalue weighted by Gasteiger charge is 2.42. The summed E-state index contributed by atoms with van der Waals surface area (Å²) in [6.07, 6.45) is 7.75. The lowest BCUT2D eigenvalue weighted by atomic mass is 9.84. The van der Waals surface area contributed by atoms with E-state index in [1.54, 1.807) is 26.4 Å². The zero-order valence-corrected chi connectivity index (χ0v) is 15.5. The molecule has 136 valence electrons. The fraction of sp³-hybridized carbons (Fsp3) is 0.571. The summed E-state index contributed by atoms with van der Waals surface area (Å²) in [6, 6.07) is 3.85. The number of allylic oxidation sites excluding steroid dienone is 1. The molecule has 3 rings (SSSR count). The van der Waals surface area contributed by atoms with Gasteiger partial charge in [0.15, 0.2) is 11.5 Å². The maximum atomic E-state index is 12.8. The number of ether oxygens (including phenoxy) is 2. The van der Waals surface area contributed by atoms with E-state index in [-0.39, 0.29) is 11.9 Å². The fourth-order valence-electron chi connectivity index (χ4n) is 4.78. The topological polar surface area (TPSA) is 47.6 Å². The van der Waals surface area contributed by atoms with Gasteiger partial charge in [-0.15, -0.1) is 6.58 Å². The summed E-state index contributed by atoms with van der Waals surface area (Å²) in [4.78, 5) is 12.8. The molecule has 0 radical (unpaired) electrons. The van der Waals surface area contributed by atoms with Crippen molar-refractivity contribution in [3.8, 4) is 11.5 Å². The first kappa shape index (κ1) is 17.8. The number of fused-ring (bicyclic) bond motifs is 2. The molecule has 0 spiro atoms. The van der Waals surface area contributed by atoms with E-state index in [1.807, 2.05) is 6.07 Å². The summed E-state index contributed by atoms with van der Waals surface area (Å²) in [5.41, 5.74) is 1.53. The van der Waals surface area contributed by atoms with Crippen molar-refractivity contribution < 1.29 is 14.3 Å². The molecule has 2 fully saturated rings. The highest BCUT2D eigenvalue weighted by molar-refractivity contribution is 5.95. The molecule has 1 aromatic rings. The second-order valence-electron chi connectivity index (χ2n) is 7.46. The minimum Gasteiger partial charge on any atom is -0.493 e. The molecule has 1 aromatic carbocycles. The second-order valence-corrected chi connectivity index (χ2v) is 7.46. The third-order valence-electron chi connectivity index (χ3n) is 5.98. The van der Waals surface area contributed by atoms with E-state index in [0.717, 1.165) is 17.4 Å². The smallest absolute Gasteiger partial charge is 0.251 e. The molecule has 0 aromatic heterocycles. The Labute approximate surface area is 150 Å². The maximum Gasteiger partial charge on any atom is 0.251 e. The van der Waals surface area contributed by atoms with Gasteiger partial charge in [0.2, 0.25) is 0 Å². The molecule has 1 N–H and O–H groups in total. The van der Waals surface area contributed by atoms with Crippen LogP contribution in [0.1, 0.15) is 48.5 Å². The highest BCUT2D eigenvalue weighted by Crippen LogP contribution is 2.49. The average Bonchev–Trinajstić information content (AvgIpc) is 3.24. The monoisotopic (exact) mass is 343 g/mol. The molecule has 2 bridgehead atoms. The molecule has 2 saturated carbocycles. The van der Waals surface area contributed by atoms with Crippen LogP contribution in [0.4, 0.5) is 0 Å². The van der Waals surface area contributed by atoms with E-state index in [2.05, 4.69) is 18.8 Å². The summed E-state index contributed by atoms with van der Waals surface area (Å²) in [5.74, 6) is 3.51. The van der Waals surface area contributed by atoms with Gasteiger partial charge in [0.25, 0.3) is 5.91 Å². The van der Waals surface area contributed by atoms with E-state index in [0.29, 0.717) is 29.4 Å². The van der Waals surface area contributed by atoms with Crippen LogP contribution < -0.4 is 14.8 Å². The Morgan fingerprint density at radius 2 is 2.12 bits per heavy atom. The first-order chi connectivity index (χ1) is 12.1. The van der Waals surface area contributed by atoms with Gasteiger partial charge in [0.05, 0.1) is 14.2 Å². The zero-order valence-electron chi connectivity index (χ0n) is 15.5. The van der Waals surface area contributed by atoms with Crippen LogP contribution in [0.15, 0.2) is 24.8 Å². The van der Waals surface area contributed by atoms with E-state index in [1.165, 1.54) is 25.7 Å². The Balaban J connectivity index is 1.76. The maximum absolute atomic E-state index is 12.8. The third kappa shape index (κ3) is 3.53. The summed E-state index contributed by atoms with van der Waals surface area (Å²) in [5, 5.41) is 3.22. The quantitative estimate of drug-likeness (QED) is 0.762. The van der Waals surface area contributed by atoms with E-state index < -0.39 is 0 Å². The third-order valence-corrected chi connectivity index (χ3v) is 5.98. The number of carbonyl (C=O) groups excluding carboxylic acids is 1. The van der Waals surface area contributed by atoms with Gasteiger partial charge in [-0.2, -0.15) is 0 Å². The van der Waals surface area contributed by atoms with Crippen LogP contribution in [0.3, 0.4) is 0 Å². The normalized spacial score (nSPS) is 25.5. The first-order valence-electron chi connectivity index (χ1n) is 9.24. The summed E-state index contributed by atoms with van der Waals surface area (Å²) >= 11 is 0. The molecule has 4 heteroatoms. The molecule has 2 aliphatic carbocycles. The van der Waals surface area contributed by atoms with Gasteiger partial charge < -0.3 is 14.8 Å². The van der Waals surface area contributed by atoms with Crippen LogP contribution in [0, 0.1) is 17.8 Å². The predicted molar refractivity (Wildman–Crippen MR) is 99.3 cm³/mol. The van der Waals surface area contributed by atoms with Crippen molar-refractivity contribution in [2.24, 2.45) is 17.8 Å². The molecule has 0 heterocycles. The minimum absolute atomic E-state index is 0.0402. The molecule has 4 unspecified atom stereocenters. The van der Waals surface area contributed by atoms with Crippen molar-refractivity contribution in [1.82, 2.24) is 5.32 Å². The van der Waals surface area contributed by atoms with Crippen LogP contribution in [0.5, 0.6) is 11.5 Å². The van der Waals surface area contributed by atoms with Crippen molar-refractivity contribution in [2.75, 3.05) is 14.2 Å². The Kier molecular flexibility index (Phi) is 5.36. The van der Waals surface area contributed by atoms with Crippen molar-refractivity contribution in [2.45, 2.75) is 45.1 Å². The van der Waals surface area contributed by atoms with Crippen molar-refractivity contribution >= 4 is 5.91 Å². The van der Waals surface area contributed by atoms with Crippen LogP contribution in [0.25, 0.3) is 0 Å². The standard InChI is InChI=1S/C21H29NO3/c1-5-6-16-11-17(12-19(24-3)20(16)25-4)21(23)22-13(2)18-10-14-7-8-15(18)9-14/h5,11-15,18H,1,6-10H2,2-4H3,(H,22,23). The lowest BCUT2D eigenvalue weighted by Crippen LogP contribution is -2.40. The van der Waals surface area contributed by atoms with Gasteiger partial charge in [0.1, 0.15) is 0 Å². The Bertz CT molecular complexity index is 655. The predicted octanol–water partition coefficient (Wildman–Crippen LogP) is 3.99. The second kappa shape index (κ2) is 7.51. The molecule has 2 aliphatic rings. The zero-order chi connectivity index (χ0) is 18.0. The van der Waals surface area contributed by atoms with Crippen molar-refractivity contribution in [3.63, 3.8) is 0 Å². The molecular weight excluding hydrogens is 314 g/mol. The number of benzene rings is 1. The summed E-state index contributed by atoms with van der Waals surface area (Å²) in [6.45, 7) is 5.93. The average molecular weight is 343 g/mol. The number of methoxy groups -OCH3 is 2. The molecule has 4 atom stereocenters. The number of amides is 1. The fourth-order valence-corrected chi connectivity index (χ4v) is 4.78. The van der Waals surface area contributed by atoms with Crippen LogP contribution >= 0.6 is 0 Å². The number of rotatable bonds is 7. The van der Waals surface area contributed by atoms with Crippen LogP contribution in [-0.2, 0) is 6.42 Å². The van der Waals surface area contributed by atoms with Gasteiger partial charge in [0, 0.05) is 17.2 Å². The van der Waals surface area contributed by atoms with E-state index in [9.17, 15) is 4.79 Å². The summed E-state index contributed by atoms with van der Waals surface area (Å²) < 4.78 is 10.9. The van der Waals surface area contributed by atoms with Gasteiger partial charge in [-0.3, -0.25) is 4.79 Å². The molecule has 0 aliphatic heterocycles. The minimum atomic E-state index is -0.0402. The summed E-state index contributed by atoms with van der Waals surface area (Å²) in [7, 11) is 3.20. The van der Waals surface area contributed by atoms with Gasteiger partial charge >= 0.3 is 0 Å². The van der Waals surface area contributed by atoms with Gasteiger partial charge in [-0.1, -0.05) is 12.5 Å².